The van der Waals surface area contributed by atoms with Gasteiger partial charge in [-0.15, -0.1) is 0 Å². The SMILES string of the molecule is CCC(CC)(CC)Nc1ccccc1. The summed E-state index contributed by atoms with van der Waals surface area (Å²) in [7, 11) is 0. The number of nitrogens with one attached hydrogen (secondary N) is 1. The lowest BCUT2D eigenvalue weighted by molar-refractivity contribution is 0.420. The van der Waals surface area contributed by atoms with E-state index in [1.54, 1.807) is 0 Å². The first-order chi connectivity index (χ1) is 6.76. The summed E-state index contributed by atoms with van der Waals surface area (Å²) in [5, 5.41) is 3.64. The highest BCUT2D eigenvalue weighted by molar-refractivity contribution is 5.45. The van der Waals surface area contributed by atoms with E-state index in [0.717, 1.165) is 0 Å². The van der Waals surface area contributed by atoms with E-state index < -0.39 is 0 Å². The van der Waals surface area contributed by atoms with Crippen LogP contribution in [-0.2, 0) is 0 Å². The van der Waals surface area contributed by atoms with Crippen molar-refractivity contribution >= 4 is 5.69 Å². The molecule has 78 valence electrons. The van der Waals surface area contributed by atoms with Crippen LogP contribution < -0.4 is 5.32 Å². The molecule has 0 bridgehead atoms. The molecule has 0 saturated heterocycles. The van der Waals surface area contributed by atoms with Crippen molar-refractivity contribution < 1.29 is 0 Å². The molecular formula is C13H21N. The Balaban J connectivity index is 2.74. The topological polar surface area (TPSA) is 12.0 Å². The molecule has 1 aromatic rings. The average molecular weight is 191 g/mol. The Morgan fingerprint density at radius 1 is 0.929 bits per heavy atom. The molecule has 0 aliphatic rings. The second kappa shape index (κ2) is 5.04. The lowest BCUT2D eigenvalue weighted by Crippen LogP contribution is -2.35. The third-order valence-electron chi connectivity index (χ3n) is 3.21. The van der Waals surface area contributed by atoms with Gasteiger partial charge in [-0.25, -0.2) is 0 Å². The molecule has 1 nitrogen and oxygen atoms in total. The predicted molar refractivity (Wildman–Crippen MR) is 63.7 cm³/mol. The molecule has 0 saturated carbocycles. The van der Waals surface area contributed by atoms with Gasteiger partial charge in [0.2, 0.25) is 0 Å². The van der Waals surface area contributed by atoms with E-state index in [1.807, 2.05) is 0 Å². The lowest BCUT2D eigenvalue weighted by atomic mass is 9.89. The minimum absolute atomic E-state index is 0.279. The van der Waals surface area contributed by atoms with Crippen molar-refractivity contribution in [2.45, 2.75) is 45.6 Å². The highest BCUT2D eigenvalue weighted by Gasteiger charge is 2.22. The maximum atomic E-state index is 3.64. The summed E-state index contributed by atoms with van der Waals surface area (Å²) in [6, 6.07) is 10.5. The Labute approximate surface area is 87.5 Å². The van der Waals surface area contributed by atoms with Gasteiger partial charge in [0, 0.05) is 11.2 Å². The lowest BCUT2D eigenvalue weighted by Gasteiger charge is -2.33. The number of benzene rings is 1. The van der Waals surface area contributed by atoms with Gasteiger partial charge < -0.3 is 5.32 Å². The third-order valence-corrected chi connectivity index (χ3v) is 3.21. The second-order valence-electron chi connectivity index (χ2n) is 3.83. The standard InChI is InChI=1S/C13H21N/c1-4-13(5-2,6-3)14-12-10-8-7-9-11-12/h7-11,14H,4-6H2,1-3H3. The van der Waals surface area contributed by atoms with E-state index in [-0.39, 0.29) is 5.54 Å². The van der Waals surface area contributed by atoms with Gasteiger partial charge in [0.25, 0.3) is 0 Å². The number of hydrogen-bond donors (Lipinski definition) is 1. The Morgan fingerprint density at radius 2 is 1.43 bits per heavy atom. The Morgan fingerprint density at radius 3 is 1.86 bits per heavy atom. The summed E-state index contributed by atoms with van der Waals surface area (Å²) in [6.07, 6.45) is 3.53. The normalized spacial score (nSPS) is 11.4. The highest BCUT2D eigenvalue weighted by atomic mass is 15.0. The maximum Gasteiger partial charge on any atom is 0.0366 e. The van der Waals surface area contributed by atoms with Crippen LogP contribution in [0.1, 0.15) is 40.0 Å². The molecule has 0 radical (unpaired) electrons. The summed E-state index contributed by atoms with van der Waals surface area (Å²) in [6.45, 7) is 6.76. The quantitative estimate of drug-likeness (QED) is 0.740. The van der Waals surface area contributed by atoms with Crippen molar-refractivity contribution in [3.8, 4) is 0 Å². The van der Waals surface area contributed by atoms with Crippen LogP contribution in [0, 0.1) is 0 Å². The van der Waals surface area contributed by atoms with Crippen LogP contribution >= 0.6 is 0 Å². The van der Waals surface area contributed by atoms with Gasteiger partial charge in [-0.3, -0.25) is 0 Å². The van der Waals surface area contributed by atoms with Crippen molar-refractivity contribution in [3.63, 3.8) is 0 Å². The summed E-state index contributed by atoms with van der Waals surface area (Å²) in [5.74, 6) is 0. The van der Waals surface area contributed by atoms with E-state index in [1.165, 1.54) is 24.9 Å². The van der Waals surface area contributed by atoms with Crippen molar-refractivity contribution in [1.82, 2.24) is 0 Å². The Kier molecular flexibility index (Phi) is 3.99. The van der Waals surface area contributed by atoms with Crippen molar-refractivity contribution in [3.05, 3.63) is 30.3 Å². The van der Waals surface area contributed by atoms with Gasteiger partial charge in [0.15, 0.2) is 0 Å². The molecule has 1 rings (SSSR count). The van der Waals surface area contributed by atoms with E-state index in [9.17, 15) is 0 Å². The smallest absolute Gasteiger partial charge is 0.0366 e. The van der Waals surface area contributed by atoms with Crippen molar-refractivity contribution in [1.29, 1.82) is 0 Å². The fraction of sp³-hybridized carbons (Fsp3) is 0.538. The number of anilines is 1. The number of rotatable bonds is 5. The van der Waals surface area contributed by atoms with Gasteiger partial charge in [-0.05, 0) is 31.4 Å². The molecule has 0 atom stereocenters. The molecule has 1 heteroatoms. The van der Waals surface area contributed by atoms with Crippen LogP contribution in [0.2, 0.25) is 0 Å². The molecule has 0 aliphatic carbocycles. The van der Waals surface area contributed by atoms with Gasteiger partial charge >= 0.3 is 0 Å². The second-order valence-corrected chi connectivity index (χ2v) is 3.83. The first kappa shape index (κ1) is 11.1. The minimum atomic E-state index is 0.279. The Hall–Kier alpha value is -0.980. The molecular weight excluding hydrogens is 170 g/mol. The maximum absolute atomic E-state index is 3.64. The van der Waals surface area contributed by atoms with Crippen LogP contribution in [0.25, 0.3) is 0 Å². The average Bonchev–Trinajstić information content (AvgIpc) is 2.28. The Bertz CT molecular complexity index is 241. The molecule has 1 aromatic carbocycles. The number of hydrogen-bond acceptors (Lipinski definition) is 1. The zero-order valence-electron chi connectivity index (χ0n) is 9.51. The molecule has 1 N–H and O–H groups in total. The zero-order valence-corrected chi connectivity index (χ0v) is 9.51. The first-order valence-corrected chi connectivity index (χ1v) is 5.59. The first-order valence-electron chi connectivity index (χ1n) is 5.59. The van der Waals surface area contributed by atoms with E-state index in [0.29, 0.717) is 0 Å². The molecule has 0 aromatic heterocycles. The molecule has 0 aliphatic heterocycles. The van der Waals surface area contributed by atoms with Gasteiger partial charge in [0.1, 0.15) is 0 Å². The van der Waals surface area contributed by atoms with Crippen LogP contribution in [0.15, 0.2) is 30.3 Å². The fourth-order valence-electron chi connectivity index (χ4n) is 1.84. The van der Waals surface area contributed by atoms with E-state index in [4.69, 9.17) is 0 Å². The van der Waals surface area contributed by atoms with E-state index in [2.05, 4.69) is 56.4 Å². The molecule has 0 spiro atoms. The molecule has 0 fully saturated rings. The van der Waals surface area contributed by atoms with Gasteiger partial charge in [-0.1, -0.05) is 39.0 Å². The van der Waals surface area contributed by atoms with Gasteiger partial charge in [-0.2, -0.15) is 0 Å². The van der Waals surface area contributed by atoms with Gasteiger partial charge in [0.05, 0.1) is 0 Å². The largest absolute Gasteiger partial charge is 0.380 e. The molecule has 0 heterocycles. The summed E-state index contributed by atoms with van der Waals surface area (Å²) in [4.78, 5) is 0. The molecule has 0 amide bonds. The minimum Gasteiger partial charge on any atom is -0.380 e. The molecule has 0 unspecified atom stereocenters. The fourth-order valence-corrected chi connectivity index (χ4v) is 1.84. The monoisotopic (exact) mass is 191 g/mol. The molecule has 14 heavy (non-hydrogen) atoms. The summed E-state index contributed by atoms with van der Waals surface area (Å²) >= 11 is 0. The van der Waals surface area contributed by atoms with Crippen LogP contribution in [0.5, 0.6) is 0 Å². The van der Waals surface area contributed by atoms with Crippen LogP contribution in [0.4, 0.5) is 5.69 Å². The zero-order chi connectivity index (χ0) is 10.4. The van der Waals surface area contributed by atoms with Crippen molar-refractivity contribution in [2.24, 2.45) is 0 Å². The number of para-hydroxylation sites is 1. The summed E-state index contributed by atoms with van der Waals surface area (Å²) in [5.41, 5.74) is 1.51. The van der Waals surface area contributed by atoms with Crippen LogP contribution in [-0.4, -0.2) is 5.54 Å². The highest BCUT2D eigenvalue weighted by Crippen LogP contribution is 2.25. The third kappa shape index (κ3) is 2.50. The van der Waals surface area contributed by atoms with Crippen molar-refractivity contribution in [2.75, 3.05) is 5.32 Å². The van der Waals surface area contributed by atoms with Crippen LogP contribution in [0.3, 0.4) is 0 Å². The predicted octanol–water partition coefficient (Wildman–Crippen LogP) is 4.07. The summed E-state index contributed by atoms with van der Waals surface area (Å²) < 4.78 is 0. The van der Waals surface area contributed by atoms with E-state index >= 15 is 0 Å².